The number of carbonyl (C=O) groups is 4. The minimum Gasteiger partial charge on any atom is -0.466 e. The number of amides is 1. The van der Waals surface area contributed by atoms with Gasteiger partial charge in [-0.3, -0.25) is 29.0 Å². The predicted molar refractivity (Wildman–Crippen MR) is 162 cm³/mol. The van der Waals surface area contributed by atoms with Crippen LogP contribution in [-0.4, -0.2) is 95.1 Å². The molecule has 0 N–H and O–H groups in total. The van der Waals surface area contributed by atoms with E-state index >= 15 is 0 Å². The lowest BCUT2D eigenvalue weighted by atomic mass is 9.93. The van der Waals surface area contributed by atoms with Crippen LogP contribution in [0.25, 0.3) is 0 Å². The highest BCUT2D eigenvalue weighted by Gasteiger charge is 2.41. The molecule has 0 radical (unpaired) electrons. The predicted octanol–water partition coefficient (Wildman–Crippen LogP) is 4.07. The van der Waals surface area contributed by atoms with Crippen molar-refractivity contribution in [2.45, 2.75) is 50.8 Å². The minimum absolute atomic E-state index is 0. The van der Waals surface area contributed by atoms with E-state index < -0.39 is 6.04 Å². The Balaban J connectivity index is 0.00000294. The van der Waals surface area contributed by atoms with E-state index in [2.05, 4.69) is 0 Å². The fraction of sp³-hybridized carbons (Fsp3) is 0.586. The first-order valence-electron chi connectivity index (χ1n) is 13.8. The molecule has 1 saturated carbocycles. The van der Waals surface area contributed by atoms with E-state index in [-0.39, 0.29) is 77.5 Å². The van der Waals surface area contributed by atoms with Gasteiger partial charge in [-0.15, -0.1) is 24.8 Å². The summed E-state index contributed by atoms with van der Waals surface area (Å²) in [5, 5.41) is -0.0256. The van der Waals surface area contributed by atoms with Crippen molar-refractivity contribution in [2.75, 3.05) is 52.4 Å². The second kappa shape index (κ2) is 16.6. The number of benzene rings is 1. The topological polar surface area (TPSA) is 87.2 Å². The van der Waals surface area contributed by atoms with Gasteiger partial charge >= 0.3 is 5.97 Å². The van der Waals surface area contributed by atoms with Crippen molar-refractivity contribution in [2.24, 2.45) is 5.92 Å². The van der Waals surface area contributed by atoms with Gasteiger partial charge < -0.3 is 9.64 Å². The van der Waals surface area contributed by atoms with Crippen molar-refractivity contribution in [1.29, 1.82) is 0 Å². The molecule has 228 valence electrons. The quantitative estimate of drug-likeness (QED) is 0.267. The molecule has 41 heavy (non-hydrogen) atoms. The molecule has 1 amide bonds. The highest BCUT2D eigenvalue weighted by molar-refractivity contribution is 8.14. The zero-order valence-corrected chi connectivity index (χ0v) is 26.0. The average Bonchev–Trinajstić information content (AvgIpc) is 3.75. The summed E-state index contributed by atoms with van der Waals surface area (Å²) in [4.78, 5) is 55.7. The largest absolute Gasteiger partial charge is 0.466 e. The van der Waals surface area contributed by atoms with E-state index in [0.29, 0.717) is 57.9 Å². The summed E-state index contributed by atoms with van der Waals surface area (Å²) < 4.78 is 19.8. The maximum Gasteiger partial charge on any atom is 0.307 e. The molecule has 3 fully saturated rings. The Labute approximate surface area is 258 Å². The first-order chi connectivity index (χ1) is 18.8. The first-order valence-corrected chi connectivity index (χ1v) is 14.7. The third-order valence-corrected chi connectivity index (χ3v) is 8.66. The molecule has 1 aliphatic carbocycles. The van der Waals surface area contributed by atoms with E-state index in [1.165, 1.54) is 17.8 Å². The number of carbonyl (C=O) groups excluding carboxylic acids is 4. The van der Waals surface area contributed by atoms with E-state index in [9.17, 15) is 23.6 Å². The van der Waals surface area contributed by atoms with Gasteiger partial charge in [0, 0.05) is 62.9 Å². The van der Waals surface area contributed by atoms with Gasteiger partial charge in [0.15, 0.2) is 10.9 Å². The molecular formula is C29H40Cl2FN3O5S. The molecule has 2 unspecified atom stereocenters. The molecule has 1 aromatic rings. The van der Waals surface area contributed by atoms with Gasteiger partial charge in [-0.05, 0) is 37.8 Å². The lowest BCUT2D eigenvalue weighted by molar-refractivity contribution is -0.144. The maximum absolute atomic E-state index is 14.9. The standard InChI is InChI=1S/C29H38FN3O5S.2ClH/c1-3-38-27(36)12-13-31-16-17-32(26(35)19-31)14-10-22-18-33(15-11-25(22)39-20(2)34)28(29(37)21-8-9-21)23-6-4-5-7-24(23)30;;/h4-7,10,21,25,28H,3,8-9,11-19H2,1-2H3;2*1H. The Morgan fingerprint density at radius 1 is 1.10 bits per heavy atom. The Morgan fingerprint density at radius 2 is 1.83 bits per heavy atom. The molecule has 12 heteroatoms. The van der Waals surface area contributed by atoms with Crippen molar-refractivity contribution in [3.05, 3.63) is 47.3 Å². The van der Waals surface area contributed by atoms with E-state index in [1.807, 2.05) is 15.9 Å². The summed E-state index contributed by atoms with van der Waals surface area (Å²) in [5.74, 6) is -0.621. The van der Waals surface area contributed by atoms with Crippen molar-refractivity contribution < 1.29 is 28.3 Å². The number of thioether (sulfide) groups is 1. The molecule has 2 heterocycles. The van der Waals surface area contributed by atoms with E-state index in [4.69, 9.17) is 4.74 Å². The van der Waals surface area contributed by atoms with Crippen molar-refractivity contribution in [3.8, 4) is 0 Å². The molecule has 0 spiro atoms. The highest BCUT2D eigenvalue weighted by atomic mass is 35.5. The van der Waals surface area contributed by atoms with Crippen LogP contribution in [0.4, 0.5) is 4.39 Å². The molecule has 2 saturated heterocycles. The summed E-state index contributed by atoms with van der Waals surface area (Å²) in [7, 11) is 0. The summed E-state index contributed by atoms with van der Waals surface area (Å²) in [6.45, 7) is 7.02. The average molecular weight is 633 g/mol. The monoisotopic (exact) mass is 631 g/mol. The minimum atomic E-state index is -0.657. The van der Waals surface area contributed by atoms with E-state index in [1.54, 1.807) is 36.9 Å². The normalized spacial score (nSPS) is 21.5. The molecule has 8 nitrogen and oxygen atoms in total. The lowest BCUT2D eigenvalue weighted by Gasteiger charge is -2.39. The number of piperidine rings is 1. The summed E-state index contributed by atoms with van der Waals surface area (Å²) in [6, 6.07) is 5.83. The number of likely N-dealkylation sites (tertiary alicyclic amines) is 1. The van der Waals surface area contributed by atoms with Crippen LogP contribution in [0.3, 0.4) is 0 Å². The van der Waals surface area contributed by atoms with Crippen LogP contribution in [0.5, 0.6) is 0 Å². The van der Waals surface area contributed by atoms with Crippen molar-refractivity contribution >= 4 is 59.4 Å². The Hall–Kier alpha value is -1.98. The number of hydrogen-bond acceptors (Lipinski definition) is 8. The number of hydrogen-bond donors (Lipinski definition) is 0. The van der Waals surface area contributed by atoms with Gasteiger partial charge in [0.1, 0.15) is 5.82 Å². The third kappa shape index (κ3) is 9.78. The fourth-order valence-electron chi connectivity index (χ4n) is 5.30. The molecule has 2 atom stereocenters. The van der Waals surface area contributed by atoms with Crippen LogP contribution >= 0.6 is 36.6 Å². The Bertz CT molecular complexity index is 1120. The first kappa shape index (κ1) is 35.2. The molecule has 0 aromatic heterocycles. The number of halogens is 3. The summed E-state index contributed by atoms with van der Waals surface area (Å²) >= 11 is 1.28. The zero-order chi connectivity index (χ0) is 27.9. The van der Waals surface area contributed by atoms with Crippen molar-refractivity contribution in [3.63, 3.8) is 0 Å². The summed E-state index contributed by atoms with van der Waals surface area (Å²) in [6.07, 6.45) is 4.62. The van der Waals surface area contributed by atoms with Crippen LogP contribution in [0.15, 0.2) is 35.9 Å². The number of ketones is 1. The van der Waals surface area contributed by atoms with Crippen LogP contribution in [0, 0.1) is 11.7 Å². The molecule has 4 rings (SSSR count). The second-order valence-electron chi connectivity index (χ2n) is 10.4. The molecule has 0 bridgehead atoms. The van der Waals surface area contributed by atoms with Crippen LogP contribution < -0.4 is 0 Å². The number of piperazine rings is 1. The maximum atomic E-state index is 14.9. The van der Waals surface area contributed by atoms with Crippen molar-refractivity contribution in [1.82, 2.24) is 14.7 Å². The van der Waals surface area contributed by atoms with Crippen LogP contribution in [0.2, 0.25) is 0 Å². The number of esters is 1. The van der Waals surface area contributed by atoms with Gasteiger partial charge in [0.05, 0.1) is 25.6 Å². The Kier molecular flexibility index (Phi) is 14.3. The number of ether oxygens (including phenoxy) is 1. The number of nitrogens with zero attached hydrogens (tertiary/aromatic N) is 3. The second-order valence-corrected chi connectivity index (χ2v) is 11.8. The van der Waals surface area contributed by atoms with Gasteiger partial charge in [0.25, 0.3) is 0 Å². The molecular weight excluding hydrogens is 592 g/mol. The number of Topliss-reactive ketones (excluding diaryl/α,β-unsaturated/α-hetero) is 1. The molecule has 2 aliphatic heterocycles. The van der Waals surface area contributed by atoms with Gasteiger partial charge in [-0.25, -0.2) is 4.39 Å². The smallest absolute Gasteiger partial charge is 0.307 e. The zero-order valence-electron chi connectivity index (χ0n) is 23.6. The van der Waals surface area contributed by atoms with Gasteiger partial charge in [0.2, 0.25) is 5.91 Å². The van der Waals surface area contributed by atoms with E-state index in [0.717, 1.165) is 18.4 Å². The van der Waals surface area contributed by atoms with Crippen LogP contribution in [-0.2, 0) is 23.9 Å². The lowest BCUT2D eigenvalue weighted by Crippen LogP contribution is -2.50. The summed E-state index contributed by atoms with van der Waals surface area (Å²) in [5.41, 5.74) is 1.39. The fourth-order valence-corrected chi connectivity index (χ4v) is 6.25. The number of rotatable bonds is 11. The SMILES string of the molecule is CCOC(=O)CCN1CCN(CC=C2CN(C(C(=O)C3CC3)c3ccccc3F)CCC2SC(C)=O)C(=O)C1.Cl.Cl. The Morgan fingerprint density at radius 3 is 2.46 bits per heavy atom. The van der Waals surface area contributed by atoms with Gasteiger partial charge in [-0.1, -0.05) is 36.0 Å². The molecule has 1 aromatic carbocycles. The van der Waals surface area contributed by atoms with Crippen LogP contribution in [0.1, 0.15) is 51.1 Å². The third-order valence-electron chi connectivity index (χ3n) is 7.51. The highest BCUT2D eigenvalue weighted by Crippen LogP contribution is 2.40. The van der Waals surface area contributed by atoms with Gasteiger partial charge in [-0.2, -0.15) is 0 Å². The molecule has 3 aliphatic rings.